The summed E-state index contributed by atoms with van der Waals surface area (Å²) in [7, 11) is 1.16. The molecule has 35 heavy (non-hydrogen) atoms. The SMILES string of the molecule is COc1c(O)cc(O)c2c(=O)c(O[C@@H]3O[C@@H](C)[C@H](O)[C@@H](O)[C@H]3O)c(-c3cc(O)c(O)c(O)c3)oc12. The Balaban J connectivity index is 2.01. The molecule has 13 nitrogen and oxygen atoms in total. The first-order valence-electron chi connectivity index (χ1n) is 10.2. The van der Waals surface area contributed by atoms with Crippen molar-refractivity contribution in [2.24, 2.45) is 0 Å². The molecule has 1 saturated heterocycles. The first-order chi connectivity index (χ1) is 16.5. The van der Waals surface area contributed by atoms with Gasteiger partial charge in [-0.3, -0.25) is 4.79 Å². The fourth-order valence-corrected chi connectivity index (χ4v) is 3.75. The van der Waals surface area contributed by atoms with Crippen molar-refractivity contribution in [3.8, 4) is 51.6 Å². The number of methoxy groups -OCH3 is 1. The second-order valence-corrected chi connectivity index (χ2v) is 7.90. The molecule has 188 valence electrons. The molecule has 0 amide bonds. The van der Waals surface area contributed by atoms with E-state index in [-0.39, 0.29) is 11.3 Å². The van der Waals surface area contributed by atoms with E-state index < -0.39 is 87.4 Å². The van der Waals surface area contributed by atoms with Gasteiger partial charge in [-0.15, -0.1) is 0 Å². The molecule has 0 radical (unpaired) electrons. The maximum atomic E-state index is 13.5. The van der Waals surface area contributed by atoms with Gasteiger partial charge >= 0.3 is 0 Å². The number of aromatic hydroxyl groups is 5. The number of aliphatic hydroxyl groups excluding tert-OH is 3. The van der Waals surface area contributed by atoms with Crippen LogP contribution in [0.2, 0.25) is 0 Å². The van der Waals surface area contributed by atoms with Gasteiger partial charge in [0.2, 0.25) is 23.2 Å². The molecule has 5 atom stereocenters. The van der Waals surface area contributed by atoms with Crippen molar-refractivity contribution in [1.29, 1.82) is 0 Å². The van der Waals surface area contributed by atoms with Crippen molar-refractivity contribution in [3.63, 3.8) is 0 Å². The summed E-state index contributed by atoms with van der Waals surface area (Å²) in [6.45, 7) is 1.38. The van der Waals surface area contributed by atoms with E-state index in [1.165, 1.54) is 6.92 Å². The highest BCUT2D eigenvalue weighted by Gasteiger charge is 2.44. The summed E-state index contributed by atoms with van der Waals surface area (Å²) in [6, 6.07) is 2.66. The summed E-state index contributed by atoms with van der Waals surface area (Å²) in [5, 5.41) is 79.9. The van der Waals surface area contributed by atoms with Crippen molar-refractivity contribution < 1.29 is 59.5 Å². The van der Waals surface area contributed by atoms with Gasteiger partial charge in [0.15, 0.2) is 34.3 Å². The van der Waals surface area contributed by atoms with Crippen LogP contribution in [0, 0.1) is 0 Å². The van der Waals surface area contributed by atoms with Crippen molar-refractivity contribution in [3.05, 3.63) is 28.4 Å². The van der Waals surface area contributed by atoms with Gasteiger partial charge in [-0.2, -0.15) is 0 Å². The molecule has 1 aliphatic heterocycles. The van der Waals surface area contributed by atoms with Gasteiger partial charge in [-0.05, 0) is 19.1 Å². The van der Waals surface area contributed by atoms with Crippen LogP contribution in [-0.4, -0.2) is 78.7 Å². The minimum Gasteiger partial charge on any atom is -0.507 e. The average molecular weight is 494 g/mol. The van der Waals surface area contributed by atoms with Gasteiger partial charge < -0.3 is 59.5 Å². The molecule has 0 bridgehead atoms. The van der Waals surface area contributed by atoms with E-state index in [0.717, 1.165) is 25.3 Å². The lowest BCUT2D eigenvalue weighted by molar-refractivity contribution is -0.268. The molecule has 2 heterocycles. The van der Waals surface area contributed by atoms with E-state index in [0.29, 0.717) is 0 Å². The average Bonchev–Trinajstić information content (AvgIpc) is 2.80. The summed E-state index contributed by atoms with van der Waals surface area (Å²) in [5.74, 6) is -5.27. The molecular formula is C22H22O13. The molecule has 1 fully saturated rings. The number of rotatable bonds is 4. The monoisotopic (exact) mass is 494 g/mol. The Morgan fingerprint density at radius 3 is 2.06 bits per heavy atom. The van der Waals surface area contributed by atoms with Crippen LogP contribution in [0.15, 0.2) is 27.4 Å². The zero-order chi connectivity index (χ0) is 25.8. The first-order valence-corrected chi connectivity index (χ1v) is 10.2. The number of hydrogen-bond donors (Lipinski definition) is 8. The van der Waals surface area contributed by atoms with Crippen LogP contribution in [0.1, 0.15) is 6.92 Å². The Morgan fingerprint density at radius 1 is 0.829 bits per heavy atom. The molecule has 0 aliphatic carbocycles. The largest absolute Gasteiger partial charge is 0.507 e. The number of phenols is 5. The van der Waals surface area contributed by atoms with E-state index in [4.69, 9.17) is 18.6 Å². The second-order valence-electron chi connectivity index (χ2n) is 7.90. The van der Waals surface area contributed by atoms with E-state index in [9.17, 15) is 45.6 Å². The highest BCUT2D eigenvalue weighted by Crippen LogP contribution is 2.45. The highest BCUT2D eigenvalue weighted by atomic mass is 16.7. The van der Waals surface area contributed by atoms with Crippen LogP contribution in [0.5, 0.6) is 40.2 Å². The number of ether oxygens (including phenoxy) is 3. The second kappa shape index (κ2) is 8.70. The summed E-state index contributed by atoms with van der Waals surface area (Å²) in [5.41, 5.74) is -1.69. The lowest BCUT2D eigenvalue weighted by Crippen LogP contribution is -2.58. The summed E-state index contributed by atoms with van der Waals surface area (Å²) >= 11 is 0. The summed E-state index contributed by atoms with van der Waals surface area (Å²) in [6.07, 6.45) is -7.72. The molecule has 0 unspecified atom stereocenters. The van der Waals surface area contributed by atoms with E-state index in [2.05, 4.69) is 0 Å². The Kier molecular flexibility index (Phi) is 6.02. The molecule has 4 rings (SSSR count). The van der Waals surface area contributed by atoms with Gasteiger partial charge in [-0.25, -0.2) is 0 Å². The van der Waals surface area contributed by atoms with Crippen LogP contribution < -0.4 is 14.9 Å². The topological polar surface area (TPSA) is 220 Å². The van der Waals surface area contributed by atoms with Crippen LogP contribution >= 0.6 is 0 Å². The molecular weight excluding hydrogens is 472 g/mol. The van der Waals surface area contributed by atoms with E-state index >= 15 is 0 Å². The van der Waals surface area contributed by atoms with Crippen LogP contribution in [0.4, 0.5) is 0 Å². The Labute approximate surface area is 195 Å². The number of fused-ring (bicyclic) bond motifs is 1. The molecule has 0 spiro atoms. The molecule has 13 heteroatoms. The van der Waals surface area contributed by atoms with Crippen LogP contribution in [0.25, 0.3) is 22.3 Å². The molecule has 2 aromatic carbocycles. The summed E-state index contributed by atoms with van der Waals surface area (Å²) in [4.78, 5) is 13.5. The summed E-state index contributed by atoms with van der Waals surface area (Å²) < 4.78 is 21.7. The minimum absolute atomic E-state index is 0.212. The Hall–Kier alpha value is -3.91. The predicted octanol–water partition coefficient (Wildman–Crippen LogP) is 0.203. The molecule has 0 saturated carbocycles. The van der Waals surface area contributed by atoms with Gasteiger partial charge in [0.1, 0.15) is 29.4 Å². The maximum Gasteiger partial charge on any atom is 0.239 e. The zero-order valence-corrected chi connectivity index (χ0v) is 18.2. The fourth-order valence-electron chi connectivity index (χ4n) is 3.75. The minimum atomic E-state index is -1.83. The Morgan fingerprint density at radius 2 is 1.46 bits per heavy atom. The number of hydrogen-bond acceptors (Lipinski definition) is 13. The molecule has 8 N–H and O–H groups in total. The maximum absolute atomic E-state index is 13.5. The Bertz CT molecular complexity index is 1320. The van der Waals surface area contributed by atoms with Gasteiger partial charge in [0, 0.05) is 11.6 Å². The van der Waals surface area contributed by atoms with Gasteiger partial charge in [0.25, 0.3) is 0 Å². The zero-order valence-electron chi connectivity index (χ0n) is 18.2. The van der Waals surface area contributed by atoms with Gasteiger partial charge in [-0.1, -0.05) is 0 Å². The predicted molar refractivity (Wildman–Crippen MR) is 116 cm³/mol. The number of phenolic OH excluding ortho intramolecular Hbond substituents is 5. The number of benzene rings is 2. The third-order valence-corrected chi connectivity index (χ3v) is 5.62. The lowest BCUT2D eigenvalue weighted by Gasteiger charge is -2.38. The first kappa shape index (κ1) is 24.2. The van der Waals surface area contributed by atoms with Crippen molar-refractivity contribution in [2.45, 2.75) is 37.6 Å². The standard InChI is InChI=1S/C22H22O13/c1-6-13(27)16(30)17(31)22(33-6)35-21-15(29)12-8(23)5-11(26)19(32-2)20(12)34-18(21)7-3-9(24)14(28)10(25)4-7/h3-6,13,16-17,22-28,30-31H,1-2H3/t6-,13-,16+,17+,22-/m0/s1. The van der Waals surface area contributed by atoms with E-state index in [1.54, 1.807) is 0 Å². The normalized spacial score (nSPS) is 24.4. The third-order valence-electron chi connectivity index (χ3n) is 5.62. The lowest BCUT2D eigenvalue weighted by atomic mass is 10.00. The van der Waals surface area contributed by atoms with Crippen LogP contribution in [0.3, 0.4) is 0 Å². The van der Waals surface area contributed by atoms with Gasteiger partial charge in [0.05, 0.1) is 13.2 Å². The molecule has 1 aromatic heterocycles. The van der Waals surface area contributed by atoms with Crippen molar-refractivity contribution >= 4 is 11.0 Å². The quantitative estimate of drug-likeness (QED) is 0.228. The molecule has 3 aromatic rings. The van der Waals surface area contributed by atoms with Crippen molar-refractivity contribution in [2.75, 3.05) is 7.11 Å². The smallest absolute Gasteiger partial charge is 0.239 e. The van der Waals surface area contributed by atoms with Crippen molar-refractivity contribution in [1.82, 2.24) is 0 Å². The highest BCUT2D eigenvalue weighted by molar-refractivity contribution is 5.93. The van der Waals surface area contributed by atoms with E-state index in [1.807, 2.05) is 0 Å². The fraction of sp³-hybridized carbons (Fsp3) is 0.318. The van der Waals surface area contributed by atoms with Crippen LogP contribution in [-0.2, 0) is 4.74 Å². The molecule has 1 aliphatic rings. The number of aliphatic hydroxyl groups is 3. The third kappa shape index (κ3) is 3.89.